The molecule has 0 bridgehead atoms. The molecule has 1 N–H and O–H groups in total. The van der Waals surface area contributed by atoms with Crippen molar-refractivity contribution >= 4 is 22.8 Å². The first kappa shape index (κ1) is 21.0. The van der Waals surface area contributed by atoms with Gasteiger partial charge in [-0.25, -0.2) is 15.0 Å². The zero-order chi connectivity index (χ0) is 19.6. The summed E-state index contributed by atoms with van der Waals surface area (Å²) in [6.07, 6.45) is 6.41. The smallest absolute Gasteiger partial charge is 0.220 e. The summed E-state index contributed by atoms with van der Waals surface area (Å²) in [5.74, 6) is 1.09. The van der Waals surface area contributed by atoms with E-state index < -0.39 is 0 Å². The topological polar surface area (TPSA) is 89.5 Å². The van der Waals surface area contributed by atoms with Crippen LogP contribution < -0.4 is 14.8 Å². The molecule has 0 radical (unpaired) electrons. The van der Waals surface area contributed by atoms with Gasteiger partial charge in [-0.3, -0.25) is 4.90 Å². The molecule has 1 aliphatic rings. The number of aromatic nitrogens is 3. The Morgan fingerprint density at radius 2 is 2.07 bits per heavy atom. The molecule has 3 rings (SSSR count). The van der Waals surface area contributed by atoms with Crippen molar-refractivity contribution in [3.05, 3.63) is 23.5 Å². The second-order valence-electron chi connectivity index (χ2n) is 6.11. The van der Waals surface area contributed by atoms with Crippen molar-refractivity contribution in [3.8, 4) is 11.8 Å². The average molecular weight is 394 g/mol. The molecule has 2 unspecified atom stereocenters. The molecule has 0 amide bonds. The molecule has 8 nitrogen and oxygen atoms in total. The van der Waals surface area contributed by atoms with E-state index in [-0.39, 0.29) is 6.10 Å². The van der Waals surface area contributed by atoms with Crippen molar-refractivity contribution in [2.45, 2.75) is 45.4 Å². The van der Waals surface area contributed by atoms with E-state index in [4.69, 9.17) is 14.3 Å². The van der Waals surface area contributed by atoms with Gasteiger partial charge in [0.2, 0.25) is 11.8 Å². The van der Waals surface area contributed by atoms with E-state index in [9.17, 15) is 0 Å². The molecule has 0 spiro atoms. The van der Waals surface area contributed by atoms with Crippen LogP contribution >= 0.6 is 11.3 Å². The van der Waals surface area contributed by atoms with Gasteiger partial charge in [0, 0.05) is 37.3 Å². The number of piperidine rings is 1. The van der Waals surface area contributed by atoms with Gasteiger partial charge in [0.05, 0.1) is 13.2 Å². The Morgan fingerprint density at radius 3 is 2.74 bits per heavy atom. The molecule has 3 heterocycles. The molecule has 9 heteroatoms. The molecule has 0 aliphatic carbocycles. The molecule has 0 saturated carbocycles. The Bertz CT molecular complexity index is 712. The number of aldehydes is 1. The molecule has 1 aliphatic heterocycles. The first-order chi connectivity index (χ1) is 13.1. The van der Waals surface area contributed by atoms with Crippen LogP contribution in [-0.4, -0.2) is 59.0 Å². The summed E-state index contributed by atoms with van der Waals surface area (Å²) in [4.78, 5) is 25.0. The van der Waals surface area contributed by atoms with Crippen LogP contribution in [0.15, 0.2) is 18.6 Å². The summed E-state index contributed by atoms with van der Waals surface area (Å²) in [6.45, 7) is 5.48. The van der Waals surface area contributed by atoms with E-state index >= 15 is 0 Å². The number of methoxy groups -OCH3 is 1. The van der Waals surface area contributed by atoms with Crippen LogP contribution in [0.4, 0.5) is 5.13 Å². The highest BCUT2D eigenvalue weighted by atomic mass is 32.1. The van der Waals surface area contributed by atoms with Crippen LogP contribution in [0.25, 0.3) is 0 Å². The number of rotatable bonds is 6. The lowest BCUT2D eigenvalue weighted by Gasteiger charge is -2.37. The number of ether oxygens (including phenoxy) is 2. The fourth-order valence-electron chi connectivity index (χ4n) is 2.83. The van der Waals surface area contributed by atoms with Crippen molar-refractivity contribution < 1.29 is 14.3 Å². The molecular formula is C18H27N5O3S. The lowest BCUT2D eigenvalue weighted by molar-refractivity contribution is -0.106. The molecule has 2 atom stereocenters. The van der Waals surface area contributed by atoms with Gasteiger partial charge >= 0.3 is 0 Å². The number of thiazole rings is 1. The van der Waals surface area contributed by atoms with Crippen molar-refractivity contribution in [2.75, 3.05) is 26.0 Å². The van der Waals surface area contributed by atoms with Gasteiger partial charge < -0.3 is 19.6 Å². The summed E-state index contributed by atoms with van der Waals surface area (Å²) in [5.41, 5.74) is 0. The molecule has 148 valence electrons. The normalized spacial score (nSPS) is 19.6. The maximum Gasteiger partial charge on any atom is 0.220 e. The van der Waals surface area contributed by atoms with Gasteiger partial charge in [0.25, 0.3) is 0 Å². The minimum absolute atomic E-state index is 0.123. The average Bonchev–Trinajstić information content (AvgIpc) is 3.13. The number of hydrogen-bond donors (Lipinski definition) is 1. The second kappa shape index (κ2) is 10.8. The van der Waals surface area contributed by atoms with Crippen molar-refractivity contribution in [2.24, 2.45) is 0 Å². The number of anilines is 1. The van der Waals surface area contributed by atoms with Gasteiger partial charge in [0.1, 0.15) is 18.7 Å². The maximum atomic E-state index is 8.81. The Kier molecular flexibility index (Phi) is 8.41. The molecule has 2 aromatic heterocycles. The van der Waals surface area contributed by atoms with E-state index in [1.165, 1.54) is 18.1 Å². The summed E-state index contributed by atoms with van der Waals surface area (Å²) < 4.78 is 11.2. The predicted molar refractivity (Wildman–Crippen MR) is 106 cm³/mol. The van der Waals surface area contributed by atoms with Crippen LogP contribution in [0.1, 0.15) is 31.6 Å². The fraction of sp³-hybridized carbons (Fsp3) is 0.556. The van der Waals surface area contributed by atoms with Gasteiger partial charge in [-0.2, -0.15) is 0 Å². The number of likely N-dealkylation sites (tertiary alicyclic amines) is 1. The zero-order valence-electron chi connectivity index (χ0n) is 16.2. The Balaban J connectivity index is 0.000000817. The van der Waals surface area contributed by atoms with Gasteiger partial charge in [-0.05, 0) is 26.7 Å². The number of hydrogen-bond acceptors (Lipinski definition) is 9. The van der Waals surface area contributed by atoms with Crippen LogP contribution in [0, 0.1) is 0 Å². The highest BCUT2D eigenvalue weighted by Crippen LogP contribution is 2.26. The van der Waals surface area contributed by atoms with Crippen LogP contribution in [-0.2, 0) is 11.3 Å². The van der Waals surface area contributed by atoms with Crippen LogP contribution in [0.2, 0.25) is 0 Å². The Morgan fingerprint density at radius 1 is 1.33 bits per heavy atom. The third-order valence-electron chi connectivity index (χ3n) is 4.21. The van der Waals surface area contributed by atoms with E-state index in [1.807, 2.05) is 13.2 Å². The molecule has 1 saturated heterocycles. The number of nitrogens with zero attached hydrogens (tertiary/aromatic N) is 4. The first-order valence-electron chi connectivity index (χ1n) is 8.88. The molecule has 1 fully saturated rings. The molecule has 27 heavy (non-hydrogen) atoms. The van der Waals surface area contributed by atoms with Crippen molar-refractivity contribution in [1.29, 1.82) is 0 Å². The summed E-state index contributed by atoms with van der Waals surface area (Å²) >= 11 is 1.70. The lowest BCUT2D eigenvalue weighted by atomic mass is 10.0. The van der Waals surface area contributed by atoms with E-state index in [0.29, 0.717) is 17.8 Å². The minimum Gasteiger partial charge on any atom is -0.481 e. The maximum absolute atomic E-state index is 8.81. The van der Waals surface area contributed by atoms with E-state index in [1.54, 1.807) is 24.5 Å². The summed E-state index contributed by atoms with van der Waals surface area (Å²) in [5, 5.41) is 4.04. The van der Waals surface area contributed by atoms with E-state index in [2.05, 4.69) is 32.1 Å². The summed E-state index contributed by atoms with van der Waals surface area (Å²) in [6, 6.07) is 2.26. The third-order valence-corrected chi connectivity index (χ3v) is 5.21. The molecular weight excluding hydrogens is 366 g/mol. The predicted octanol–water partition coefficient (Wildman–Crippen LogP) is 2.62. The Hall–Kier alpha value is -2.26. The van der Waals surface area contributed by atoms with Gasteiger partial charge in [0.15, 0.2) is 5.13 Å². The highest BCUT2D eigenvalue weighted by Gasteiger charge is 2.27. The Labute approximate surface area is 164 Å². The summed E-state index contributed by atoms with van der Waals surface area (Å²) in [7, 11) is 3.48. The monoisotopic (exact) mass is 393 g/mol. The van der Waals surface area contributed by atoms with Crippen LogP contribution in [0.5, 0.6) is 11.8 Å². The number of carbonyl (C=O) groups excluding carboxylic acids is 1. The van der Waals surface area contributed by atoms with Crippen molar-refractivity contribution in [3.63, 3.8) is 0 Å². The quantitative estimate of drug-likeness (QED) is 0.749. The molecule has 2 aromatic rings. The van der Waals surface area contributed by atoms with Gasteiger partial charge in [-0.15, -0.1) is 11.3 Å². The van der Waals surface area contributed by atoms with Crippen molar-refractivity contribution in [1.82, 2.24) is 19.9 Å². The SMILES string of the molecule is CC=O.CNc1ncc(CN2CC(Oc3cc(OC)ncn3)CCC2C)s1. The third kappa shape index (κ3) is 6.44. The molecule has 0 aromatic carbocycles. The van der Waals surface area contributed by atoms with E-state index in [0.717, 1.165) is 37.3 Å². The highest BCUT2D eigenvalue weighted by molar-refractivity contribution is 7.15. The number of carbonyl (C=O) groups is 1. The standard InChI is InChI=1S/C16H23N5O2S.C2H4O/c1-11-4-5-12(23-15-6-14(22-3)19-10-20-15)8-21(11)9-13-7-18-16(17-2)24-13;1-2-3/h6-7,10-12H,4-5,8-9H2,1-3H3,(H,17,18);2H,1H3. The first-order valence-corrected chi connectivity index (χ1v) is 9.70. The van der Waals surface area contributed by atoms with Gasteiger partial charge in [-0.1, -0.05) is 0 Å². The minimum atomic E-state index is 0.123. The van der Waals surface area contributed by atoms with Crippen LogP contribution in [0.3, 0.4) is 0 Å². The number of nitrogens with one attached hydrogen (secondary N) is 1. The fourth-order valence-corrected chi connectivity index (χ4v) is 3.62. The lowest BCUT2D eigenvalue weighted by Crippen LogP contribution is -2.45. The second-order valence-corrected chi connectivity index (χ2v) is 7.23. The zero-order valence-corrected chi connectivity index (χ0v) is 17.0. The largest absolute Gasteiger partial charge is 0.481 e.